The highest BCUT2D eigenvalue weighted by Gasteiger charge is 2.18. The summed E-state index contributed by atoms with van der Waals surface area (Å²) in [5.41, 5.74) is 1.77. The molecule has 0 amide bonds. The van der Waals surface area contributed by atoms with Crippen LogP contribution in [0, 0.1) is 0 Å². The summed E-state index contributed by atoms with van der Waals surface area (Å²) in [5.74, 6) is -0.261. The predicted molar refractivity (Wildman–Crippen MR) is 60.4 cm³/mol. The average molecular weight is 226 g/mol. The van der Waals surface area contributed by atoms with Crippen LogP contribution in [0.3, 0.4) is 0 Å². The van der Waals surface area contributed by atoms with Crippen molar-refractivity contribution in [3.8, 4) is 0 Å². The summed E-state index contributed by atoms with van der Waals surface area (Å²) in [4.78, 5) is 13.3. The van der Waals surface area contributed by atoms with Gasteiger partial charge in [-0.25, -0.2) is 4.79 Å². The van der Waals surface area contributed by atoms with Crippen LogP contribution >= 0.6 is 12.4 Å². The number of hydrogen-bond donors (Lipinski definition) is 0. The fraction of sp³-hybridized carbons (Fsp3) is 0.182. The van der Waals surface area contributed by atoms with E-state index in [1.165, 1.54) is 7.11 Å². The average Bonchev–Trinajstić information content (AvgIpc) is 2.27. The van der Waals surface area contributed by atoms with Crippen molar-refractivity contribution in [1.82, 2.24) is 4.90 Å². The molecule has 0 aromatic heterocycles. The third-order valence-electron chi connectivity index (χ3n) is 2.22. The standard InChI is InChI=1S/C11H11NO2.ClH/c1-14-11(13)9-5-6-10-4-2-3-7-12(10)8-9;/h2-7H,8H2,1H3;1H. The molecular weight excluding hydrogens is 214 g/mol. The first-order valence-corrected chi connectivity index (χ1v) is 4.42. The van der Waals surface area contributed by atoms with Gasteiger partial charge in [0, 0.05) is 11.9 Å². The molecule has 0 atom stereocenters. The number of carbonyl (C=O) groups is 1. The number of hydrogen-bond acceptors (Lipinski definition) is 3. The van der Waals surface area contributed by atoms with Crippen LogP contribution in [0.5, 0.6) is 0 Å². The van der Waals surface area contributed by atoms with Gasteiger partial charge >= 0.3 is 5.97 Å². The van der Waals surface area contributed by atoms with Crippen molar-refractivity contribution in [3.05, 3.63) is 47.9 Å². The van der Waals surface area contributed by atoms with Crippen molar-refractivity contribution in [1.29, 1.82) is 0 Å². The normalized spacial score (nSPS) is 17.3. The van der Waals surface area contributed by atoms with Crippen molar-refractivity contribution in [3.63, 3.8) is 0 Å². The van der Waals surface area contributed by atoms with Crippen LogP contribution in [0.15, 0.2) is 47.9 Å². The van der Waals surface area contributed by atoms with E-state index >= 15 is 0 Å². The Morgan fingerprint density at radius 1 is 1.40 bits per heavy atom. The Hall–Kier alpha value is -1.48. The molecule has 4 heteroatoms. The minimum absolute atomic E-state index is 0. The highest BCUT2D eigenvalue weighted by atomic mass is 35.5. The Morgan fingerprint density at radius 2 is 2.20 bits per heavy atom. The summed E-state index contributed by atoms with van der Waals surface area (Å²) in [7, 11) is 1.40. The number of fused-ring (bicyclic) bond motifs is 1. The molecule has 0 saturated carbocycles. The Bertz CT molecular complexity index is 380. The van der Waals surface area contributed by atoms with Gasteiger partial charge in [0.05, 0.1) is 19.2 Å². The molecule has 15 heavy (non-hydrogen) atoms. The number of carbonyl (C=O) groups excluding carboxylic acids is 1. The SMILES string of the molecule is COC(=O)C1=CC=C2C=CC=CN2C1.Cl. The van der Waals surface area contributed by atoms with Gasteiger partial charge < -0.3 is 9.64 Å². The van der Waals surface area contributed by atoms with E-state index in [2.05, 4.69) is 4.74 Å². The number of esters is 1. The molecule has 0 radical (unpaired) electrons. The molecule has 0 spiro atoms. The Kier molecular flexibility index (Phi) is 3.74. The maximum atomic E-state index is 11.3. The molecule has 0 bridgehead atoms. The smallest absolute Gasteiger partial charge is 0.335 e. The molecule has 0 aromatic carbocycles. The predicted octanol–water partition coefficient (Wildman–Crippen LogP) is 1.79. The molecule has 2 aliphatic heterocycles. The molecule has 0 N–H and O–H groups in total. The quantitative estimate of drug-likeness (QED) is 0.638. The molecule has 80 valence electrons. The lowest BCUT2D eigenvalue weighted by molar-refractivity contribution is -0.136. The molecular formula is C11H12ClNO2. The molecule has 2 rings (SSSR count). The second kappa shape index (κ2) is 4.84. The molecule has 0 saturated heterocycles. The number of methoxy groups -OCH3 is 1. The zero-order valence-electron chi connectivity index (χ0n) is 8.34. The third kappa shape index (κ3) is 2.30. The number of ether oxygens (including phenoxy) is 1. The van der Waals surface area contributed by atoms with Gasteiger partial charge in [0.15, 0.2) is 0 Å². The van der Waals surface area contributed by atoms with Gasteiger partial charge in [-0.05, 0) is 24.3 Å². The zero-order valence-corrected chi connectivity index (χ0v) is 9.16. The molecule has 3 nitrogen and oxygen atoms in total. The Morgan fingerprint density at radius 3 is 2.93 bits per heavy atom. The monoisotopic (exact) mass is 225 g/mol. The van der Waals surface area contributed by atoms with Crippen LogP contribution < -0.4 is 0 Å². The second-order valence-corrected chi connectivity index (χ2v) is 3.10. The first-order valence-electron chi connectivity index (χ1n) is 4.42. The first kappa shape index (κ1) is 11.6. The first-order chi connectivity index (χ1) is 6.81. The summed E-state index contributed by atoms with van der Waals surface area (Å²) < 4.78 is 4.66. The highest BCUT2D eigenvalue weighted by molar-refractivity contribution is 5.89. The maximum Gasteiger partial charge on any atom is 0.335 e. The van der Waals surface area contributed by atoms with E-state index < -0.39 is 0 Å². The summed E-state index contributed by atoms with van der Waals surface area (Å²) in [5, 5.41) is 0. The maximum absolute atomic E-state index is 11.3. The van der Waals surface area contributed by atoms with Crippen molar-refractivity contribution >= 4 is 18.4 Å². The summed E-state index contributed by atoms with van der Waals surface area (Å²) in [6, 6.07) is 0. The van der Waals surface area contributed by atoms with Crippen molar-refractivity contribution in [2.24, 2.45) is 0 Å². The lowest BCUT2D eigenvalue weighted by atomic mass is 10.1. The van der Waals surface area contributed by atoms with Crippen molar-refractivity contribution in [2.45, 2.75) is 0 Å². The summed E-state index contributed by atoms with van der Waals surface area (Å²) >= 11 is 0. The largest absolute Gasteiger partial charge is 0.466 e. The van der Waals surface area contributed by atoms with E-state index in [0.717, 1.165) is 5.70 Å². The Balaban J connectivity index is 0.00000112. The molecule has 0 aromatic rings. The minimum atomic E-state index is -0.261. The zero-order chi connectivity index (χ0) is 9.97. The van der Waals surface area contributed by atoms with Gasteiger partial charge in [-0.3, -0.25) is 0 Å². The van der Waals surface area contributed by atoms with E-state index in [-0.39, 0.29) is 18.4 Å². The fourth-order valence-corrected chi connectivity index (χ4v) is 1.47. The van der Waals surface area contributed by atoms with Crippen LogP contribution in [-0.2, 0) is 9.53 Å². The topological polar surface area (TPSA) is 29.5 Å². The number of allylic oxidation sites excluding steroid dienone is 5. The third-order valence-corrected chi connectivity index (χ3v) is 2.22. The number of nitrogens with zero attached hydrogens (tertiary/aromatic N) is 1. The molecule has 2 heterocycles. The lowest BCUT2D eigenvalue weighted by Gasteiger charge is -2.26. The van der Waals surface area contributed by atoms with E-state index in [0.29, 0.717) is 12.1 Å². The minimum Gasteiger partial charge on any atom is -0.466 e. The number of halogens is 1. The molecule has 0 unspecified atom stereocenters. The summed E-state index contributed by atoms with van der Waals surface area (Å²) in [6.45, 7) is 0.583. The van der Waals surface area contributed by atoms with E-state index in [4.69, 9.17) is 0 Å². The van der Waals surface area contributed by atoms with Gasteiger partial charge in [-0.2, -0.15) is 0 Å². The highest BCUT2D eigenvalue weighted by Crippen LogP contribution is 2.19. The van der Waals surface area contributed by atoms with Crippen LogP contribution in [0.4, 0.5) is 0 Å². The van der Waals surface area contributed by atoms with Gasteiger partial charge in [-0.15, -0.1) is 12.4 Å². The number of rotatable bonds is 1. The Labute approximate surface area is 94.8 Å². The molecule has 2 aliphatic rings. The van der Waals surface area contributed by atoms with Crippen LogP contribution in [0.2, 0.25) is 0 Å². The fourth-order valence-electron chi connectivity index (χ4n) is 1.47. The van der Waals surface area contributed by atoms with Crippen LogP contribution in [-0.4, -0.2) is 24.5 Å². The second-order valence-electron chi connectivity index (χ2n) is 3.10. The van der Waals surface area contributed by atoms with Crippen LogP contribution in [0.25, 0.3) is 0 Å². The van der Waals surface area contributed by atoms with Gasteiger partial charge in [-0.1, -0.05) is 6.08 Å². The van der Waals surface area contributed by atoms with E-state index in [1.807, 2.05) is 35.4 Å². The van der Waals surface area contributed by atoms with Crippen LogP contribution in [0.1, 0.15) is 0 Å². The lowest BCUT2D eigenvalue weighted by Crippen LogP contribution is -2.26. The van der Waals surface area contributed by atoms with E-state index in [9.17, 15) is 4.79 Å². The van der Waals surface area contributed by atoms with Gasteiger partial charge in [0.1, 0.15) is 0 Å². The van der Waals surface area contributed by atoms with Gasteiger partial charge in [0.25, 0.3) is 0 Å². The van der Waals surface area contributed by atoms with Crippen molar-refractivity contribution < 1.29 is 9.53 Å². The van der Waals surface area contributed by atoms with E-state index in [1.54, 1.807) is 6.08 Å². The molecule has 0 aliphatic carbocycles. The van der Waals surface area contributed by atoms with Crippen molar-refractivity contribution in [2.75, 3.05) is 13.7 Å². The summed E-state index contributed by atoms with van der Waals surface area (Å²) in [6.07, 6.45) is 11.6. The van der Waals surface area contributed by atoms with Gasteiger partial charge in [0.2, 0.25) is 0 Å². The molecule has 0 fully saturated rings.